The third kappa shape index (κ3) is 11.1. The molecule has 0 unspecified atom stereocenters. The quantitative estimate of drug-likeness (QED) is 0.626. The Kier molecular flexibility index (Phi) is 11.8. The molecule has 0 aliphatic carbocycles. The molecule has 0 atom stereocenters. The monoisotopic (exact) mass is 167 g/mol. The molecular weight excluding hydrogens is 150 g/mol. The predicted molar refractivity (Wildman–Crippen MR) is 46.9 cm³/mol. The normalized spacial score (nSPS) is 9.60. The van der Waals surface area contributed by atoms with Gasteiger partial charge in [-0.25, -0.2) is 0 Å². The van der Waals surface area contributed by atoms with Gasteiger partial charge in [0.1, 0.15) is 0 Å². The number of halogens is 1. The summed E-state index contributed by atoms with van der Waals surface area (Å²) in [4.78, 5) is 0. The van der Waals surface area contributed by atoms with E-state index in [1.54, 1.807) is 0 Å². The Balaban J connectivity index is 0. The standard InChI is InChI=1S/C7H17NO.ClH/c1-7(2)9-6-4-5-8-3;/h7-8H,4-6H2,1-3H3;1H. The van der Waals surface area contributed by atoms with Crippen LogP contribution in [0.5, 0.6) is 0 Å². The van der Waals surface area contributed by atoms with Crippen LogP contribution >= 0.6 is 12.4 Å². The first-order valence-corrected chi connectivity index (χ1v) is 3.53. The summed E-state index contributed by atoms with van der Waals surface area (Å²) in [5.74, 6) is 0. The van der Waals surface area contributed by atoms with Gasteiger partial charge in [0, 0.05) is 6.61 Å². The Morgan fingerprint density at radius 3 is 2.40 bits per heavy atom. The SMILES string of the molecule is CNCCCOC(C)C.Cl. The van der Waals surface area contributed by atoms with Crippen molar-refractivity contribution in [2.24, 2.45) is 0 Å². The van der Waals surface area contributed by atoms with Crippen LogP contribution in [0.25, 0.3) is 0 Å². The van der Waals surface area contributed by atoms with Gasteiger partial charge in [-0.1, -0.05) is 0 Å². The third-order valence-electron chi connectivity index (χ3n) is 1.02. The molecule has 2 nitrogen and oxygen atoms in total. The van der Waals surface area contributed by atoms with Crippen molar-refractivity contribution >= 4 is 12.4 Å². The van der Waals surface area contributed by atoms with Gasteiger partial charge in [-0.2, -0.15) is 0 Å². The number of rotatable bonds is 5. The van der Waals surface area contributed by atoms with Gasteiger partial charge in [-0.3, -0.25) is 0 Å². The molecule has 0 saturated carbocycles. The van der Waals surface area contributed by atoms with Crippen molar-refractivity contribution in [2.45, 2.75) is 26.4 Å². The first kappa shape index (κ1) is 12.8. The molecule has 0 aliphatic heterocycles. The summed E-state index contributed by atoms with van der Waals surface area (Å²) in [5, 5.41) is 3.06. The average Bonchev–Trinajstić information content (AvgIpc) is 1.80. The molecular formula is C7H18ClNO. The van der Waals surface area contributed by atoms with Crippen molar-refractivity contribution in [3.63, 3.8) is 0 Å². The summed E-state index contributed by atoms with van der Waals surface area (Å²) in [6, 6.07) is 0. The molecule has 0 aromatic heterocycles. The lowest BCUT2D eigenvalue weighted by Gasteiger charge is -2.05. The van der Waals surface area contributed by atoms with Gasteiger partial charge >= 0.3 is 0 Å². The molecule has 0 fully saturated rings. The molecule has 0 amide bonds. The Hall–Kier alpha value is 0.210. The second-order valence-electron chi connectivity index (χ2n) is 2.38. The summed E-state index contributed by atoms with van der Waals surface area (Å²) in [7, 11) is 1.95. The van der Waals surface area contributed by atoms with E-state index in [2.05, 4.69) is 19.2 Å². The van der Waals surface area contributed by atoms with Crippen molar-refractivity contribution in [2.75, 3.05) is 20.2 Å². The Morgan fingerprint density at radius 1 is 1.40 bits per heavy atom. The van der Waals surface area contributed by atoms with E-state index in [0.717, 1.165) is 19.6 Å². The van der Waals surface area contributed by atoms with Crippen LogP contribution in [0, 0.1) is 0 Å². The summed E-state index contributed by atoms with van der Waals surface area (Å²) < 4.78 is 5.30. The molecule has 0 radical (unpaired) electrons. The first-order chi connectivity index (χ1) is 4.27. The minimum atomic E-state index is 0. The highest BCUT2D eigenvalue weighted by molar-refractivity contribution is 5.85. The smallest absolute Gasteiger partial charge is 0.0518 e. The van der Waals surface area contributed by atoms with Crippen molar-refractivity contribution < 1.29 is 4.74 Å². The van der Waals surface area contributed by atoms with E-state index in [0.29, 0.717) is 6.10 Å². The lowest BCUT2D eigenvalue weighted by atomic mass is 10.4. The van der Waals surface area contributed by atoms with Crippen LogP contribution in [0.15, 0.2) is 0 Å². The third-order valence-corrected chi connectivity index (χ3v) is 1.02. The molecule has 0 heterocycles. The maximum Gasteiger partial charge on any atom is 0.0518 e. The zero-order valence-electron chi connectivity index (χ0n) is 7.02. The van der Waals surface area contributed by atoms with Gasteiger partial charge in [-0.05, 0) is 33.9 Å². The summed E-state index contributed by atoms with van der Waals surface area (Å²) in [5.41, 5.74) is 0. The highest BCUT2D eigenvalue weighted by Crippen LogP contribution is 1.88. The average molecular weight is 168 g/mol. The van der Waals surface area contributed by atoms with Crippen LogP contribution in [-0.4, -0.2) is 26.3 Å². The molecule has 3 heteroatoms. The highest BCUT2D eigenvalue weighted by atomic mass is 35.5. The van der Waals surface area contributed by atoms with Crippen LogP contribution < -0.4 is 5.32 Å². The van der Waals surface area contributed by atoms with Crippen LogP contribution in [0.4, 0.5) is 0 Å². The van der Waals surface area contributed by atoms with Gasteiger partial charge < -0.3 is 10.1 Å². The van der Waals surface area contributed by atoms with Crippen LogP contribution in [0.3, 0.4) is 0 Å². The number of ether oxygens (including phenoxy) is 1. The fourth-order valence-electron chi connectivity index (χ4n) is 0.568. The van der Waals surface area contributed by atoms with E-state index in [1.165, 1.54) is 0 Å². The van der Waals surface area contributed by atoms with E-state index in [-0.39, 0.29) is 12.4 Å². The van der Waals surface area contributed by atoms with Crippen molar-refractivity contribution in [3.05, 3.63) is 0 Å². The number of hydrogen-bond donors (Lipinski definition) is 1. The maximum absolute atomic E-state index is 5.30. The van der Waals surface area contributed by atoms with Crippen molar-refractivity contribution in [1.82, 2.24) is 5.32 Å². The number of hydrogen-bond acceptors (Lipinski definition) is 2. The molecule has 0 aromatic rings. The fraction of sp³-hybridized carbons (Fsp3) is 1.00. The largest absolute Gasteiger partial charge is 0.379 e. The molecule has 10 heavy (non-hydrogen) atoms. The van der Waals surface area contributed by atoms with Crippen molar-refractivity contribution in [3.8, 4) is 0 Å². The summed E-state index contributed by atoms with van der Waals surface area (Å²) >= 11 is 0. The second-order valence-corrected chi connectivity index (χ2v) is 2.38. The molecule has 0 saturated heterocycles. The van der Waals surface area contributed by atoms with E-state index in [9.17, 15) is 0 Å². The highest BCUT2D eigenvalue weighted by Gasteiger charge is 1.90. The predicted octanol–water partition coefficient (Wildman–Crippen LogP) is 1.44. The first-order valence-electron chi connectivity index (χ1n) is 3.53. The lowest BCUT2D eigenvalue weighted by molar-refractivity contribution is 0.0773. The van der Waals surface area contributed by atoms with E-state index in [4.69, 9.17) is 4.74 Å². The fourth-order valence-corrected chi connectivity index (χ4v) is 0.568. The van der Waals surface area contributed by atoms with Crippen LogP contribution in [-0.2, 0) is 4.74 Å². The van der Waals surface area contributed by atoms with Gasteiger partial charge in [0.05, 0.1) is 6.10 Å². The minimum Gasteiger partial charge on any atom is -0.379 e. The van der Waals surface area contributed by atoms with E-state index >= 15 is 0 Å². The molecule has 0 aromatic carbocycles. The summed E-state index contributed by atoms with van der Waals surface area (Å²) in [6.07, 6.45) is 1.48. The molecule has 0 bridgehead atoms. The van der Waals surface area contributed by atoms with E-state index in [1.807, 2.05) is 7.05 Å². The zero-order valence-corrected chi connectivity index (χ0v) is 7.83. The van der Waals surface area contributed by atoms with E-state index < -0.39 is 0 Å². The van der Waals surface area contributed by atoms with Gasteiger partial charge in [0.25, 0.3) is 0 Å². The topological polar surface area (TPSA) is 21.3 Å². The molecule has 0 spiro atoms. The van der Waals surface area contributed by atoms with Gasteiger partial charge in [-0.15, -0.1) is 12.4 Å². The molecule has 0 aliphatic rings. The van der Waals surface area contributed by atoms with Crippen molar-refractivity contribution in [1.29, 1.82) is 0 Å². The Bertz CT molecular complexity index is 59.6. The maximum atomic E-state index is 5.30. The van der Waals surface area contributed by atoms with Gasteiger partial charge in [0.15, 0.2) is 0 Å². The summed E-state index contributed by atoms with van der Waals surface area (Å²) in [6.45, 7) is 6.03. The van der Waals surface area contributed by atoms with Crippen LogP contribution in [0.1, 0.15) is 20.3 Å². The molecule has 64 valence electrons. The molecule has 1 N–H and O–H groups in total. The lowest BCUT2D eigenvalue weighted by Crippen LogP contribution is -2.12. The number of nitrogens with one attached hydrogen (secondary N) is 1. The Morgan fingerprint density at radius 2 is 2.00 bits per heavy atom. The van der Waals surface area contributed by atoms with Crippen LogP contribution in [0.2, 0.25) is 0 Å². The van der Waals surface area contributed by atoms with Gasteiger partial charge in [0.2, 0.25) is 0 Å². The zero-order chi connectivity index (χ0) is 7.11. The molecule has 0 rings (SSSR count). The minimum absolute atomic E-state index is 0. The second kappa shape index (κ2) is 9.21. The Labute approximate surface area is 69.7 Å².